The molecule has 0 bridgehead atoms. The van der Waals surface area contributed by atoms with E-state index in [9.17, 15) is 14.0 Å². The number of nitrogens with zero attached hydrogens (tertiary/aromatic N) is 1. The number of aliphatic hydroxyl groups excluding tert-OH is 1. The van der Waals surface area contributed by atoms with Gasteiger partial charge in [-0.1, -0.05) is 60.7 Å². The lowest BCUT2D eigenvalue weighted by Crippen LogP contribution is -2.45. The van der Waals surface area contributed by atoms with E-state index in [1.165, 1.54) is 17.0 Å². The Hall–Kier alpha value is -3.71. The molecule has 0 saturated heterocycles. The zero-order valence-electron chi connectivity index (χ0n) is 17.5. The first kappa shape index (κ1) is 23.0. The van der Waals surface area contributed by atoms with Gasteiger partial charge in [0.2, 0.25) is 5.91 Å². The number of halogens is 1. The normalized spacial score (nSPS) is 11.4. The Morgan fingerprint density at radius 1 is 0.938 bits per heavy atom. The molecule has 3 aromatic rings. The van der Waals surface area contributed by atoms with Gasteiger partial charge in [0, 0.05) is 13.1 Å². The van der Waals surface area contributed by atoms with Crippen molar-refractivity contribution in [2.24, 2.45) is 0 Å². The summed E-state index contributed by atoms with van der Waals surface area (Å²) in [6, 6.07) is 22.6. The third-order valence-electron chi connectivity index (χ3n) is 4.78. The third-order valence-corrected chi connectivity index (χ3v) is 4.78. The van der Waals surface area contributed by atoms with E-state index in [4.69, 9.17) is 9.84 Å². The van der Waals surface area contributed by atoms with Crippen molar-refractivity contribution in [2.45, 2.75) is 12.6 Å². The maximum atomic E-state index is 13.4. The molecule has 166 valence electrons. The van der Waals surface area contributed by atoms with E-state index in [2.05, 4.69) is 5.32 Å². The molecule has 0 saturated carbocycles. The van der Waals surface area contributed by atoms with Crippen molar-refractivity contribution in [1.82, 2.24) is 10.2 Å². The van der Waals surface area contributed by atoms with Crippen LogP contribution in [0.15, 0.2) is 84.9 Å². The highest BCUT2D eigenvalue weighted by atomic mass is 19.1. The number of para-hydroxylation sites is 1. The van der Waals surface area contributed by atoms with Gasteiger partial charge >= 0.3 is 0 Å². The van der Waals surface area contributed by atoms with Gasteiger partial charge in [0.15, 0.2) is 6.61 Å². The number of hydrogen-bond acceptors (Lipinski definition) is 4. The number of benzene rings is 3. The van der Waals surface area contributed by atoms with E-state index in [1.807, 2.05) is 12.1 Å². The van der Waals surface area contributed by atoms with Crippen LogP contribution >= 0.6 is 0 Å². The fourth-order valence-corrected chi connectivity index (χ4v) is 3.24. The highest BCUT2D eigenvalue weighted by molar-refractivity contribution is 5.89. The Kier molecular flexibility index (Phi) is 8.34. The van der Waals surface area contributed by atoms with E-state index < -0.39 is 17.9 Å². The second-order valence-electron chi connectivity index (χ2n) is 7.08. The van der Waals surface area contributed by atoms with Crippen molar-refractivity contribution in [2.75, 3.05) is 19.8 Å². The minimum Gasteiger partial charge on any atom is -0.484 e. The predicted molar refractivity (Wildman–Crippen MR) is 118 cm³/mol. The topological polar surface area (TPSA) is 78.9 Å². The van der Waals surface area contributed by atoms with Gasteiger partial charge in [-0.3, -0.25) is 9.59 Å². The van der Waals surface area contributed by atoms with Gasteiger partial charge in [0.1, 0.15) is 17.6 Å². The van der Waals surface area contributed by atoms with Gasteiger partial charge in [0.25, 0.3) is 5.91 Å². The molecule has 0 aliphatic rings. The van der Waals surface area contributed by atoms with Crippen molar-refractivity contribution < 1.29 is 23.8 Å². The van der Waals surface area contributed by atoms with E-state index in [-0.39, 0.29) is 32.1 Å². The Bertz CT molecular complexity index is 997. The van der Waals surface area contributed by atoms with Gasteiger partial charge in [-0.2, -0.15) is 0 Å². The molecule has 3 rings (SSSR count). The van der Waals surface area contributed by atoms with Crippen LogP contribution in [0.4, 0.5) is 4.39 Å². The lowest BCUT2D eigenvalue weighted by molar-refractivity contribution is -0.143. The summed E-state index contributed by atoms with van der Waals surface area (Å²) in [5.41, 5.74) is 1.27. The maximum absolute atomic E-state index is 13.4. The summed E-state index contributed by atoms with van der Waals surface area (Å²) in [6.07, 6.45) is 0. The van der Waals surface area contributed by atoms with Crippen molar-refractivity contribution in [3.8, 4) is 5.75 Å². The fourth-order valence-electron chi connectivity index (χ4n) is 3.24. The van der Waals surface area contributed by atoms with E-state index >= 15 is 0 Å². The first-order chi connectivity index (χ1) is 15.6. The van der Waals surface area contributed by atoms with Crippen molar-refractivity contribution in [3.05, 3.63) is 102 Å². The fraction of sp³-hybridized carbons (Fsp3) is 0.200. The number of nitrogens with one attached hydrogen (secondary N) is 1. The number of carbonyl (C=O) groups excluding carboxylic acids is 2. The first-order valence-corrected chi connectivity index (χ1v) is 10.2. The van der Waals surface area contributed by atoms with Gasteiger partial charge in [-0.25, -0.2) is 4.39 Å². The van der Waals surface area contributed by atoms with Crippen LogP contribution in [0.25, 0.3) is 0 Å². The minimum absolute atomic E-state index is 0.0568. The number of ether oxygens (including phenoxy) is 1. The number of aliphatic hydroxyl groups is 1. The third kappa shape index (κ3) is 6.39. The summed E-state index contributed by atoms with van der Waals surface area (Å²) in [5, 5.41) is 11.8. The van der Waals surface area contributed by atoms with Crippen molar-refractivity contribution in [3.63, 3.8) is 0 Å². The number of rotatable bonds is 10. The highest BCUT2D eigenvalue weighted by Gasteiger charge is 2.31. The van der Waals surface area contributed by atoms with Crippen LogP contribution in [0, 0.1) is 5.82 Å². The van der Waals surface area contributed by atoms with Crippen molar-refractivity contribution in [1.29, 1.82) is 0 Å². The number of carbonyl (C=O) groups is 2. The molecule has 6 nitrogen and oxygen atoms in total. The van der Waals surface area contributed by atoms with Crippen molar-refractivity contribution >= 4 is 11.8 Å². The average Bonchev–Trinajstić information content (AvgIpc) is 2.83. The van der Waals surface area contributed by atoms with Gasteiger partial charge < -0.3 is 20.1 Å². The first-order valence-electron chi connectivity index (χ1n) is 10.2. The molecule has 0 heterocycles. The van der Waals surface area contributed by atoms with Crippen LogP contribution in [0.5, 0.6) is 5.75 Å². The SMILES string of the molecule is O=C(NCCO)[C@@H](c1ccccc1)N(Cc1ccc(F)cc1)C(=O)COc1ccccc1. The van der Waals surface area contributed by atoms with Crippen LogP contribution < -0.4 is 10.1 Å². The van der Waals surface area contributed by atoms with Crippen LogP contribution in [-0.2, 0) is 16.1 Å². The summed E-state index contributed by atoms with van der Waals surface area (Å²) in [4.78, 5) is 27.7. The molecule has 0 spiro atoms. The summed E-state index contributed by atoms with van der Waals surface area (Å²) in [6.45, 7) is -0.372. The average molecular weight is 436 g/mol. The molecule has 1 atom stereocenters. The Labute approximate surface area is 186 Å². The lowest BCUT2D eigenvalue weighted by atomic mass is 10.0. The summed E-state index contributed by atoms with van der Waals surface area (Å²) in [7, 11) is 0. The minimum atomic E-state index is -0.959. The molecule has 7 heteroatoms. The van der Waals surface area contributed by atoms with Crippen LogP contribution in [0.2, 0.25) is 0 Å². The molecule has 0 radical (unpaired) electrons. The zero-order chi connectivity index (χ0) is 22.8. The molecule has 32 heavy (non-hydrogen) atoms. The Morgan fingerprint density at radius 2 is 1.56 bits per heavy atom. The summed E-state index contributed by atoms with van der Waals surface area (Å²) in [5.74, 6) is -0.700. The zero-order valence-corrected chi connectivity index (χ0v) is 17.5. The maximum Gasteiger partial charge on any atom is 0.261 e. The lowest BCUT2D eigenvalue weighted by Gasteiger charge is -2.31. The van der Waals surface area contributed by atoms with E-state index in [1.54, 1.807) is 60.7 Å². The van der Waals surface area contributed by atoms with Crippen LogP contribution in [-0.4, -0.2) is 41.6 Å². The summed E-state index contributed by atoms with van der Waals surface area (Å²) < 4.78 is 19.0. The predicted octanol–water partition coefficient (Wildman–Crippen LogP) is 3.08. The van der Waals surface area contributed by atoms with E-state index in [0.29, 0.717) is 16.9 Å². The molecule has 3 aromatic carbocycles. The highest BCUT2D eigenvalue weighted by Crippen LogP contribution is 2.24. The molecule has 2 amide bonds. The quantitative estimate of drug-likeness (QED) is 0.512. The molecule has 0 fully saturated rings. The van der Waals surface area contributed by atoms with Crippen LogP contribution in [0.3, 0.4) is 0 Å². The smallest absolute Gasteiger partial charge is 0.261 e. The van der Waals surface area contributed by atoms with Gasteiger partial charge in [-0.15, -0.1) is 0 Å². The molecule has 0 unspecified atom stereocenters. The molecule has 0 aliphatic heterocycles. The van der Waals surface area contributed by atoms with Crippen LogP contribution in [0.1, 0.15) is 17.2 Å². The van der Waals surface area contributed by atoms with Gasteiger partial charge in [-0.05, 0) is 35.4 Å². The molecular weight excluding hydrogens is 411 g/mol. The summed E-state index contributed by atoms with van der Waals surface area (Å²) >= 11 is 0. The second kappa shape index (κ2) is 11.6. The molecule has 0 aliphatic carbocycles. The molecule has 0 aromatic heterocycles. The number of hydrogen-bond donors (Lipinski definition) is 2. The second-order valence-corrected chi connectivity index (χ2v) is 7.08. The molecular formula is C25H25FN2O4. The number of amides is 2. The molecule has 2 N–H and O–H groups in total. The largest absolute Gasteiger partial charge is 0.484 e. The van der Waals surface area contributed by atoms with E-state index in [0.717, 1.165) is 0 Å². The Morgan fingerprint density at radius 3 is 2.19 bits per heavy atom. The Balaban J connectivity index is 1.91. The monoisotopic (exact) mass is 436 g/mol. The van der Waals surface area contributed by atoms with Gasteiger partial charge in [0.05, 0.1) is 6.61 Å². The standard InChI is InChI=1S/C25H25FN2O4/c26-21-13-11-19(12-14-21)17-28(23(30)18-32-22-9-5-2-6-10-22)24(25(31)27-15-16-29)20-7-3-1-4-8-20/h1-14,24,29H,15-18H2,(H,27,31)/t24-/m1/s1.